The smallest absolute Gasteiger partial charge is 0.214 e. The highest BCUT2D eigenvalue weighted by molar-refractivity contribution is 7.89. The molecule has 82 valence electrons. The molecule has 14 heavy (non-hydrogen) atoms. The van der Waals surface area contributed by atoms with Crippen LogP contribution in [0.4, 0.5) is 0 Å². The summed E-state index contributed by atoms with van der Waals surface area (Å²) in [6, 6.07) is 0.403. The highest BCUT2D eigenvalue weighted by Gasteiger charge is 2.37. The van der Waals surface area contributed by atoms with E-state index in [-0.39, 0.29) is 0 Å². The fourth-order valence-electron chi connectivity index (χ4n) is 2.40. The van der Waals surface area contributed by atoms with E-state index in [1.54, 1.807) is 4.31 Å². The van der Waals surface area contributed by atoms with Crippen LogP contribution < -0.4 is 5.32 Å². The van der Waals surface area contributed by atoms with Gasteiger partial charge < -0.3 is 5.32 Å². The Morgan fingerprint density at radius 1 is 1.43 bits per heavy atom. The Bertz CT molecular complexity index is 290. The third-order valence-corrected chi connectivity index (χ3v) is 5.06. The van der Waals surface area contributed by atoms with Crippen LogP contribution in [0.5, 0.6) is 0 Å². The van der Waals surface area contributed by atoms with Crippen LogP contribution in [0.2, 0.25) is 0 Å². The van der Waals surface area contributed by atoms with Crippen LogP contribution in [0.25, 0.3) is 0 Å². The van der Waals surface area contributed by atoms with Crippen molar-refractivity contribution in [2.24, 2.45) is 5.92 Å². The summed E-state index contributed by atoms with van der Waals surface area (Å²) in [6.45, 7) is 4.31. The molecule has 4 nitrogen and oxygen atoms in total. The zero-order chi connectivity index (χ0) is 10.2. The van der Waals surface area contributed by atoms with Crippen molar-refractivity contribution in [2.45, 2.75) is 25.8 Å². The molecule has 0 aromatic rings. The monoisotopic (exact) mass is 218 g/mol. The Morgan fingerprint density at radius 3 is 2.86 bits per heavy atom. The summed E-state index contributed by atoms with van der Waals surface area (Å²) in [5.74, 6) is 0.840. The van der Waals surface area contributed by atoms with E-state index >= 15 is 0 Å². The zero-order valence-electron chi connectivity index (χ0n) is 8.57. The first-order valence-electron chi connectivity index (χ1n) is 5.33. The molecule has 2 aliphatic rings. The third kappa shape index (κ3) is 1.94. The molecule has 0 amide bonds. The van der Waals surface area contributed by atoms with Crippen molar-refractivity contribution in [1.82, 2.24) is 9.62 Å². The Kier molecular flexibility index (Phi) is 2.81. The number of fused-ring (bicyclic) bond motifs is 2. The zero-order valence-corrected chi connectivity index (χ0v) is 9.39. The molecule has 2 unspecified atom stereocenters. The van der Waals surface area contributed by atoms with Gasteiger partial charge in [-0.15, -0.1) is 0 Å². The molecule has 2 aliphatic heterocycles. The number of sulfonamides is 1. The number of hydrogen-bond acceptors (Lipinski definition) is 3. The molecule has 2 rings (SSSR count). The third-order valence-electron chi connectivity index (χ3n) is 3.05. The van der Waals surface area contributed by atoms with Gasteiger partial charge in [-0.05, 0) is 25.3 Å². The van der Waals surface area contributed by atoms with E-state index in [1.807, 2.05) is 6.92 Å². The Morgan fingerprint density at radius 2 is 2.21 bits per heavy atom. The molecular weight excluding hydrogens is 200 g/mol. The number of nitrogens with zero attached hydrogens (tertiary/aromatic N) is 1. The Hall–Kier alpha value is -0.130. The predicted octanol–water partition coefficient (Wildman–Crippen LogP) is 0.0199. The number of hydrogen-bond donors (Lipinski definition) is 1. The van der Waals surface area contributed by atoms with Crippen molar-refractivity contribution < 1.29 is 8.42 Å². The van der Waals surface area contributed by atoms with Crippen LogP contribution in [-0.4, -0.2) is 44.2 Å². The van der Waals surface area contributed by atoms with Gasteiger partial charge in [-0.3, -0.25) is 0 Å². The van der Waals surface area contributed by atoms with E-state index in [9.17, 15) is 8.42 Å². The summed E-state index contributed by atoms with van der Waals surface area (Å²) in [7, 11) is -2.97. The van der Waals surface area contributed by atoms with Gasteiger partial charge >= 0.3 is 0 Å². The van der Waals surface area contributed by atoms with E-state index in [1.165, 1.54) is 0 Å². The van der Waals surface area contributed by atoms with Gasteiger partial charge in [0.15, 0.2) is 0 Å². The van der Waals surface area contributed by atoms with Crippen molar-refractivity contribution in [3.8, 4) is 0 Å². The SMILES string of the molecule is CCCS(=O)(=O)N1CC2CNC(C2)C1. The minimum absolute atomic E-state index is 0.298. The highest BCUT2D eigenvalue weighted by Crippen LogP contribution is 2.24. The maximum absolute atomic E-state index is 11.8. The molecule has 0 radical (unpaired) electrons. The van der Waals surface area contributed by atoms with E-state index in [2.05, 4.69) is 5.32 Å². The number of nitrogens with one attached hydrogen (secondary N) is 1. The molecule has 2 fully saturated rings. The van der Waals surface area contributed by atoms with Crippen molar-refractivity contribution in [3.63, 3.8) is 0 Å². The quantitative estimate of drug-likeness (QED) is 0.726. The van der Waals surface area contributed by atoms with E-state index in [0.717, 1.165) is 19.5 Å². The molecule has 0 spiro atoms. The Labute approximate surface area is 85.7 Å². The molecule has 0 aliphatic carbocycles. The first kappa shape index (κ1) is 10.4. The van der Waals surface area contributed by atoms with E-state index in [0.29, 0.717) is 30.7 Å². The summed E-state index contributed by atoms with van der Waals surface area (Å²) in [5, 5.41) is 3.36. The lowest BCUT2D eigenvalue weighted by Crippen LogP contribution is -2.45. The Balaban J connectivity index is 2.05. The maximum Gasteiger partial charge on any atom is 0.214 e. The first-order chi connectivity index (χ1) is 6.62. The van der Waals surface area contributed by atoms with Crippen LogP contribution >= 0.6 is 0 Å². The summed E-state index contributed by atoms with van der Waals surface area (Å²) in [5.41, 5.74) is 0. The van der Waals surface area contributed by atoms with Gasteiger partial charge in [0.25, 0.3) is 0 Å². The molecule has 0 aromatic heterocycles. The lowest BCUT2D eigenvalue weighted by molar-refractivity contribution is 0.295. The molecular formula is C9H18N2O2S. The second-order valence-corrected chi connectivity index (χ2v) is 6.43. The molecule has 2 atom stereocenters. The molecule has 2 heterocycles. The van der Waals surface area contributed by atoms with Gasteiger partial charge in [-0.2, -0.15) is 0 Å². The molecule has 1 N–H and O–H groups in total. The average molecular weight is 218 g/mol. The second-order valence-electron chi connectivity index (χ2n) is 4.34. The molecule has 5 heteroatoms. The van der Waals surface area contributed by atoms with Crippen LogP contribution in [0.3, 0.4) is 0 Å². The largest absolute Gasteiger partial charge is 0.312 e. The maximum atomic E-state index is 11.8. The van der Waals surface area contributed by atoms with Crippen LogP contribution in [0, 0.1) is 5.92 Å². The van der Waals surface area contributed by atoms with Crippen molar-refractivity contribution in [2.75, 3.05) is 25.4 Å². The standard InChI is InChI=1S/C9H18N2O2S/c1-2-3-14(12,13)11-6-8-4-9(7-11)10-5-8/h8-10H,2-7H2,1H3. The van der Waals surface area contributed by atoms with Crippen LogP contribution in [0.15, 0.2) is 0 Å². The topological polar surface area (TPSA) is 49.4 Å². The second kappa shape index (κ2) is 3.79. The van der Waals surface area contributed by atoms with Crippen molar-refractivity contribution >= 4 is 10.0 Å². The lowest BCUT2D eigenvalue weighted by Gasteiger charge is -2.30. The van der Waals surface area contributed by atoms with Gasteiger partial charge in [0.2, 0.25) is 10.0 Å². The fourth-order valence-corrected chi connectivity index (χ4v) is 4.02. The number of rotatable bonds is 3. The number of piperidine rings is 1. The predicted molar refractivity (Wildman–Crippen MR) is 55.5 cm³/mol. The molecule has 2 bridgehead atoms. The summed E-state index contributed by atoms with van der Waals surface area (Å²) in [4.78, 5) is 0. The highest BCUT2D eigenvalue weighted by atomic mass is 32.2. The van der Waals surface area contributed by atoms with Gasteiger partial charge in [0, 0.05) is 19.1 Å². The minimum Gasteiger partial charge on any atom is -0.312 e. The van der Waals surface area contributed by atoms with Gasteiger partial charge in [0.1, 0.15) is 0 Å². The average Bonchev–Trinajstić information content (AvgIpc) is 2.45. The van der Waals surface area contributed by atoms with Gasteiger partial charge in [0.05, 0.1) is 5.75 Å². The molecule has 0 saturated carbocycles. The summed E-state index contributed by atoms with van der Waals surface area (Å²) >= 11 is 0. The van der Waals surface area contributed by atoms with Gasteiger partial charge in [-0.1, -0.05) is 6.92 Å². The van der Waals surface area contributed by atoms with E-state index in [4.69, 9.17) is 0 Å². The van der Waals surface area contributed by atoms with Crippen molar-refractivity contribution in [1.29, 1.82) is 0 Å². The lowest BCUT2D eigenvalue weighted by atomic mass is 10.0. The van der Waals surface area contributed by atoms with Crippen LogP contribution in [0.1, 0.15) is 19.8 Å². The minimum atomic E-state index is -2.97. The van der Waals surface area contributed by atoms with Crippen LogP contribution in [-0.2, 0) is 10.0 Å². The van der Waals surface area contributed by atoms with Gasteiger partial charge in [-0.25, -0.2) is 12.7 Å². The fraction of sp³-hybridized carbons (Fsp3) is 1.00. The first-order valence-corrected chi connectivity index (χ1v) is 6.94. The molecule has 0 aromatic carbocycles. The molecule has 2 saturated heterocycles. The summed E-state index contributed by atoms with van der Waals surface area (Å²) in [6.07, 6.45) is 1.86. The van der Waals surface area contributed by atoms with Crippen molar-refractivity contribution in [3.05, 3.63) is 0 Å². The summed E-state index contributed by atoms with van der Waals surface area (Å²) < 4.78 is 25.3. The van der Waals surface area contributed by atoms with E-state index < -0.39 is 10.0 Å². The normalized spacial score (nSPS) is 33.5.